The molecule has 0 bridgehead atoms. The van der Waals surface area contributed by atoms with Crippen molar-refractivity contribution in [3.8, 4) is 5.88 Å². The molecule has 0 saturated carbocycles. The van der Waals surface area contributed by atoms with Crippen molar-refractivity contribution in [3.05, 3.63) is 46.5 Å². The highest BCUT2D eigenvalue weighted by atomic mass is 19.1. The predicted octanol–water partition coefficient (Wildman–Crippen LogP) is 3.09. The fourth-order valence-electron chi connectivity index (χ4n) is 3.59. The van der Waals surface area contributed by atoms with Gasteiger partial charge in [-0.3, -0.25) is 5.43 Å². The van der Waals surface area contributed by atoms with Gasteiger partial charge in [0.1, 0.15) is 18.9 Å². The van der Waals surface area contributed by atoms with Gasteiger partial charge in [0.15, 0.2) is 11.6 Å². The van der Waals surface area contributed by atoms with Crippen LogP contribution in [0.25, 0.3) is 0 Å². The van der Waals surface area contributed by atoms with Gasteiger partial charge in [-0.25, -0.2) is 9.18 Å². The van der Waals surface area contributed by atoms with E-state index in [1.807, 2.05) is 32.0 Å². The number of carbonyl (C=O) groups excluding carboxylic acids is 1. The van der Waals surface area contributed by atoms with Crippen LogP contribution in [0.1, 0.15) is 16.7 Å². The van der Waals surface area contributed by atoms with E-state index >= 15 is 8.78 Å². The van der Waals surface area contributed by atoms with Crippen molar-refractivity contribution < 1.29 is 27.8 Å². The van der Waals surface area contributed by atoms with E-state index in [9.17, 15) is 4.79 Å². The average Bonchev–Trinajstić information content (AvgIpc) is 3.25. The molecule has 0 aliphatic carbocycles. The van der Waals surface area contributed by atoms with Gasteiger partial charge in [0.05, 0.1) is 32.5 Å². The van der Waals surface area contributed by atoms with Gasteiger partial charge in [0.25, 0.3) is 5.88 Å². The molecule has 1 amide bonds. The number of aromatic nitrogens is 1. The van der Waals surface area contributed by atoms with E-state index < -0.39 is 23.4 Å². The average molecular weight is 475 g/mol. The fraction of sp³-hybridized carbons (Fsp3) is 0.435. The topological polar surface area (TPSA) is 88.5 Å². The van der Waals surface area contributed by atoms with Crippen molar-refractivity contribution >= 4 is 23.8 Å². The number of hydrogen-bond donors (Lipinski definition) is 1. The Hall–Kier alpha value is -3.47. The second-order valence-corrected chi connectivity index (χ2v) is 8.01. The number of hydrazone groups is 1. The Balaban J connectivity index is 1.56. The van der Waals surface area contributed by atoms with E-state index in [0.29, 0.717) is 39.5 Å². The SMILES string of the molecule is Cc1ccc(C=NNc2c(F)c(OCCN3CCOC3=O)nc(N3CCOCC3)c2F)cc1C. The van der Waals surface area contributed by atoms with Gasteiger partial charge in [-0.15, -0.1) is 0 Å². The van der Waals surface area contributed by atoms with Gasteiger partial charge in [-0.1, -0.05) is 18.2 Å². The van der Waals surface area contributed by atoms with Gasteiger partial charge in [-0.05, 0) is 30.5 Å². The summed E-state index contributed by atoms with van der Waals surface area (Å²) in [5.74, 6) is -2.30. The Labute approximate surface area is 196 Å². The molecule has 34 heavy (non-hydrogen) atoms. The summed E-state index contributed by atoms with van der Waals surface area (Å²) in [6.45, 7) is 6.48. The van der Waals surface area contributed by atoms with Crippen LogP contribution in [0.2, 0.25) is 0 Å². The number of aryl methyl sites for hydroxylation is 2. The maximum absolute atomic E-state index is 15.3. The van der Waals surface area contributed by atoms with E-state index in [4.69, 9.17) is 14.2 Å². The smallest absolute Gasteiger partial charge is 0.410 e. The number of ether oxygens (including phenoxy) is 3. The second kappa shape index (κ2) is 10.6. The van der Waals surface area contributed by atoms with Crippen LogP contribution >= 0.6 is 0 Å². The zero-order chi connectivity index (χ0) is 24.1. The third kappa shape index (κ3) is 5.36. The summed E-state index contributed by atoms with van der Waals surface area (Å²) in [6.07, 6.45) is 1.04. The maximum Gasteiger partial charge on any atom is 0.410 e. The summed E-state index contributed by atoms with van der Waals surface area (Å²) in [6, 6.07) is 5.74. The van der Waals surface area contributed by atoms with Gasteiger partial charge in [0.2, 0.25) is 5.82 Å². The van der Waals surface area contributed by atoms with Crippen LogP contribution < -0.4 is 15.1 Å². The first-order valence-electron chi connectivity index (χ1n) is 11.1. The number of cyclic esters (lactones) is 1. The monoisotopic (exact) mass is 475 g/mol. The van der Waals surface area contributed by atoms with Crippen LogP contribution in [-0.4, -0.2) is 74.8 Å². The van der Waals surface area contributed by atoms with Gasteiger partial charge >= 0.3 is 6.09 Å². The summed E-state index contributed by atoms with van der Waals surface area (Å²) in [4.78, 5) is 18.8. The summed E-state index contributed by atoms with van der Waals surface area (Å²) in [5, 5.41) is 4.03. The molecule has 0 unspecified atom stereocenters. The zero-order valence-corrected chi connectivity index (χ0v) is 19.1. The lowest BCUT2D eigenvalue weighted by atomic mass is 10.1. The molecule has 0 atom stereocenters. The number of amides is 1. The molecule has 182 valence electrons. The van der Waals surface area contributed by atoms with Crippen molar-refractivity contribution in [1.29, 1.82) is 0 Å². The highest BCUT2D eigenvalue weighted by molar-refractivity contribution is 5.80. The molecule has 11 heteroatoms. The number of anilines is 2. The molecule has 2 aromatic rings. The van der Waals surface area contributed by atoms with Crippen LogP contribution in [0, 0.1) is 25.5 Å². The number of morpholine rings is 1. The molecule has 1 N–H and O–H groups in total. The number of nitrogens with zero attached hydrogens (tertiary/aromatic N) is 4. The molecule has 2 fully saturated rings. The fourth-order valence-corrected chi connectivity index (χ4v) is 3.59. The van der Waals surface area contributed by atoms with Crippen molar-refractivity contribution in [2.24, 2.45) is 5.10 Å². The highest BCUT2D eigenvalue weighted by Gasteiger charge is 2.27. The third-order valence-corrected chi connectivity index (χ3v) is 5.71. The third-order valence-electron chi connectivity index (χ3n) is 5.71. The molecule has 4 rings (SSSR count). The molecule has 0 radical (unpaired) electrons. The number of benzene rings is 1. The van der Waals surface area contributed by atoms with Crippen molar-refractivity contribution in [3.63, 3.8) is 0 Å². The highest BCUT2D eigenvalue weighted by Crippen LogP contribution is 2.33. The Kier molecular flexibility index (Phi) is 7.41. The molecule has 9 nitrogen and oxygen atoms in total. The quantitative estimate of drug-likeness (QED) is 0.464. The summed E-state index contributed by atoms with van der Waals surface area (Å²) in [5.41, 5.74) is 5.01. The van der Waals surface area contributed by atoms with E-state index in [0.717, 1.165) is 16.7 Å². The first-order valence-corrected chi connectivity index (χ1v) is 11.1. The normalized spacial score (nSPS) is 16.3. The molecular formula is C23H27F2N5O4. The van der Waals surface area contributed by atoms with E-state index in [2.05, 4.69) is 15.5 Å². The minimum absolute atomic E-state index is 0.0292. The minimum Gasteiger partial charge on any atom is -0.474 e. The van der Waals surface area contributed by atoms with Crippen LogP contribution in [0.5, 0.6) is 5.88 Å². The Morgan fingerprint density at radius 1 is 1.15 bits per heavy atom. The number of halogens is 2. The molecule has 2 aliphatic heterocycles. The van der Waals surface area contributed by atoms with Gasteiger partial charge in [-0.2, -0.15) is 14.5 Å². The summed E-state index contributed by atoms with van der Waals surface area (Å²) < 4.78 is 46.2. The number of carbonyl (C=O) groups is 1. The number of hydrogen-bond acceptors (Lipinski definition) is 8. The molecular weight excluding hydrogens is 448 g/mol. The van der Waals surface area contributed by atoms with Gasteiger partial charge < -0.3 is 24.0 Å². The standard InChI is InChI=1S/C23H27F2N5O4/c1-15-3-4-17(13-16(15)2)14-26-28-20-18(24)21(29-5-9-32-10-6-29)27-22(19(20)25)33-11-7-30-8-12-34-23(30)31/h3-4,13-14H,5-12H2,1-2H3,(H,27,28). The molecule has 1 aromatic heterocycles. The van der Waals surface area contributed by atoms with Crippen LogP contribution in [-0.2, 0) is 9.47 Å². The first-order chi connectivity index (χ1) is 16.4. The molecule has 3 heterocycles. The van der Waals surface area contributed by atoms with Crippen molar-refractivity contribution in [2.45, 2.75) is 13.8 Å². The lowest BCUT2D eigenvalue weighted by Crippen LogP contribution is -2.37. The Morgan fingerprint density at radius 3 is 2.65 bits per heavy atom. The number of rotatable bonds is 8. The minimum atomic E-state index is -1.00. The van der Waals surface area contributed by atoms with Crippen LogP contribution in [0.15, 0.2) is 23.3 Å². The molecule has 1 aromatic carbocycles. The van der Waals surface area contributed by atoms with E-state index in [1.54, 1.807) is 4.90 Å². The van der Waals surface area contributed by atoms with Crippen molar-refractivity contribution in [1.82, 2.24) is 9.88 Å². The molecule has 2 saturated heterocycles. The van der Waals surface area contributed by atoms with Gasteiger partial charge in [0, 0.05) is 13.1 Å². The first kappa shape index (κ1) is 23.7. The Bertz CT molecular complexity index is 1080. The molecule has 2 aliphatic rings. The van der Waals surface area contributed by atoms with Crippen molar-refractivity contribution in [2.75, 3.05) is 62.9 Å². The number of pyridine rings is 1. The maximum atomic E-state index is 15.3. The Morgan fingerprint density at radius 2 is 1.94 bits per heavy atom. The van der Waals surface area contributed by atoms with E-state index in [1.165, 1.54) is 11.1 Å². The summed E-state index contributed by atoms with van der Waals surface area (Å²) in [7, 11) is 0. The largest absolute Gasteiger partial charge is 0.474 e. The lowest BCUT2D eigenvalue weighted by molar-refractivity contribution is 0.122. The second-order valence-electron chi connectivity index (χ2n) is 8.01. The summed E-state index contributed by atoms with van der Waals surface area (Å²) >= 11 is 0. The van der Waals surface area contributed by atoms with Crippen LogP contribution in [0.4, 0.5) is 25.1 Å². The lowest BCUT2D eigenvalue weighted by Gasteiger charge is -2.29. The predicted molar refractivity (Wildman–Crippen MR) is 123 cm³/mol. The van der Waals surface area contributed by atoms with E-state index in [-0.39, 0.29) is 24.8 Å². The number of nitrogens with one attached hydrogen (secondary N) is 1. The zero-order valence-electron chi connectivity index (χ0n) is 19.1. The molecule has 0 spiro atoms. The van der Waals surface area contributed by atoms with Crippen LogP contribution in [0.3, 0.4) is 0 Å².